The highest BCUT2D eigenvalue weighted by Crippen LogP contribution is 2.39. The molecule has 2 aromatic heterocycles. The smallest absolute Gasteiger partial charge is 0.311 e. The van der Waals surface area contributed by atoms with Crippen LogP contribution in [0.15, 0.2) is 12.4 Å². The van der Waals surface area contributed by atoms with Gasteiger partial charge in [-0.25, -0.2) is 0 Å². The minimum atomic E-state index is -0.778. The molecule has 2 atom stereocenters. The molecule has 8 heteroatoms. The van der Waals surface area contributed by atoms with E-state index < -0.39 is 11.4 Å². The van der Waals surface area contributed by atoms with Gasteiger partial charge in [-0.1, -0.05) is 6.42 Å². The number of carboxylic acids is 1. The number of anilines is 1. The second-order valence-electron chi connectivity index (χ2n) is 5.05. The van der Waals surface area contributed by atoms with Crippen molar-refractivity contribution in [2.24, 2.45) is 5.41 Å². The summed E-state index contributed by atoms with van der Waals surface area (Å²) in [5.74, 6) is -0.166. The van der Waals surface area contributed by atoms with E-state index in [1.54, 1.807) is 19.3 Å². The molecule has 0 amide bonds. The van der Waals surface area contributed by atoms with E-state index >= 15 is 0 Å². The summed E-state index contributed by atoms with van der Waals surface area (Å²) in [6.45, 7) is 1.77. The Kier molecular flexibility index (Phi) is 2.58. The summed E-state index contributed by atoms with van der Waals surface area (Å²) < 4.78 is 1.52. The van der Waals surface area contributed by atoms with Gasteiger partial charge in [0.2, 0.25) is 0 Å². The highest BCUT2D eigenvalue weighted by Gasteiger charge is 2.45. The summed E-state index contributed by atoms with van der Waals surface area (Å²) in [5.41, 5.74) is -0.240. The van der Waals surface area contributed by atoms with E-state index in [0.29, 0.717) is 17.9 Å². The van der Waals surface area contributed by atoms with Gasteiger partial charge in [0.05, 0.1) is 17.8 Å². The van der Waals surface area contributed by atoms with Crippen LogP contribution in [0.1, 0.15) is 26.2 Å². The Morgan fingerprint density at radius 3 is 3.21 bits per heavy atom. The minimum Gasteiger partial charge on any atom is -0.481 e. The predicted molar refractivity (Wildman–Crippen MR) is 65.6 cm³/mol. The second kappa shape index (κ2) is 4.15. The highest BCUT2D eigenvalue weighted by atomic mass is 16.4. The molecule has 0 radical (unpaired) electrons. The number of tetrazole rings is 1. The van der Waals surface area contributed by atoms with Crippen LogP contribution in [0.25, 0.3) is 5.65 Å². The molecule has 0 saturated heterocycles. The van der Waals surface area contributed by atoms with Gasteiger partial charge in [-0.05, 0) is 30.2 Å². The van der Waals surface area contributed by atoms with Gasteiger partial charge in [-0.15, -0.1) is 5.10 Å². The summed E-state index contributed by atoms with van der Waals surface area (Å²) in [4.78, 5) is 15.5. The molecule has 0 aliphatic heterocycles. The first-order valence-corrected chi connectivity index (χ1v) is 6.13. The third-order valence-corrected chi connectivity index (χ3v) is 3.88. The van der Waals surface area contributed by atoms with Crippen molar-refractivity contribution < 1.29 is 9.90 Å². The lowest BCUT2D eigenvalue weighted by Gasteiger charge is -2.28. The van der Waals surface area contributed by atoms with Crippen LogP contribution < -0.4 is 5.32 Å². The van der Waals surface area contributed by atoms with Crippen LogP contribution >= 0.6 is 0 Å². The third kappa shape index (κ3) is 1.79. The summed E-state index contributed by atoms with van der Waals surface area (Å²) in [6.07, 6.45) is 5.51. The van der Waals surface area contributed by atoms with Gasteiger partial charge < -0.3 is 10.4 Å². The number of carbonyl (C=O) groups is 1. The van der Waals surface area contributed by atoms with E-state index in [2.05, 4.69) is 25.8 Å². The molecule has 2 aromatic rings. The van der Waals surface area contributed by atoms with Gasteiger partial charge >= 0.3 is 5.97 Å². The fourth-order valence-electron chi connectivity index (χ4n) is 2.61. The average Bonchev–Trinajstić information content (AvgIpc) is 2.98. The zero-order valence-corrected chi connectivity index (χ0v) is 10.4. The number of hydrogen-bond acceptors (Lipinski definition) is 6. The number of aromatic nitrogens is 5. The van der Waals surface area contributed by atoms with E-state index in [0.717, 1.165) is 12.8 Å². The summed E-state index contributed by atoms with van der Waals surface area (Å²) >= 11 is 0. The summed E-state index contributed by atoms with van der Waals surface area (Å²) in [7, 11) is 0. The van der Waals surface area contributed by atoms with Gasteiger partial charge in [0, 0.05) is 6.04 Å². The number of rotatable bonds is 3. The van der Waals surface area contributed by atoms with Crippen molar-refractivity contribution >= 4 is 17.4 Å². The molecular formula is C11H14N6O2. The molecule has 3 rings (SSSR count). The number of hydrogen-bond donors (Lipinski definition) is 2. The molecule has 0 aromatic carbocycles. The molecule has 2 heterocycles. The summed E-state index contributed by atoms with van der Waals surface area (Å²) in [5, 5.41) is 23.9. The van der Waals surface area contributed by atoms with Crippen molar-refractivity contribution in [3.63, 3.8) is 0 Å². The number of nitrogens with one attached hydrogen (secondary N) is 1. The SMILES string of the molecule is CC1(C(=O)O)CCCC1Nc1cncc2nnnn12. The molecule has 0 bridgehead atoms. The van der Waals surface area contributed by atoms with Crippen LogP contribution in [-0.2, 0) is 4.79 Å². The maximum Gasteiger partial charge on any atom is 0.311 e. The molecule has 1 aliphatic carbocycles. The van der Waals surface area contributed by atoms with Gasteiger partial charge in [0.25, 0.3) is 0 Å². The Labute approximate surface area is 108 Å². The number of fused-ring (bicyclic) bond motifs is 1. The van der Waals surface area contributed by atoms with E-state index in [9.17, 15) is 9.90 Å². The maximum absolute atomic E-state index is 11.4. The van der Waals surface area contributed by atoms with Crippen molar-refractivity contribution in [1.82, 2.24) is 25.0 Å². The summed E-state index contributed by atoms with van der Waals surface area (Å²) in [6, 6.07) is -0.151. The number of nitrogens with zero attached hydrogens (tertiary/aromatic N) is 5. The third-order valence-electron chi connectivity index (χ3n) is 3.88. The second-order valence-corrected chi connectivity index (χ2v) is 5.05. The molecular weight excluding hydrogens is 248 g/mol. The van der Waals surface area contributed by atoms with Gasteiger partial charge in [-0.3, -0.25) is 9.78 Å². The van der Waals surface area contributed by atoms with Crippen molar-refractivity contribution in [2.45, 2.75) is 32.2 Å². The molecule has 2 N–H and O–H groups in total. The Hall–Kier alpha value is -2.25. The Bertz CT molecular complexity index is 626. The number of carboxylic acid groups (broad SMARTS) is 1. The monoisotopic (exact) mass is 262 g/mol. The standard InChI is InChI=1S/C11H14N6O2/c1-11(10(18)19)4-2-3-7(11)13-8-5-12-6-9-14-15-16-17(8)9/h5-7,13H,2-4H2,1H3,(H,18,19). The minimum absolute atomic E-state index is 0.151. The molecule has 1 fully saturated rings. The highest BCUT2D eigenvalue weighted by molar-refractivity contribution is 5.76. The van der Waals surface area contributed by atoms with E-state index in [1.165, 1.54) is 4.52 Å². The molecule has 8 nitrogen and oxygen atoms in total. The zero-order valence-electron chi connectivity index (χ0n) is 10.4. The van der Waals surface area contributed by atoms with E-state index in [1.807, 2.05) is 0 Å². The normalized spacial score (nSPS) is 26.7. The largest absolute Gasteiger partial charge is 0.481 e. The first-order valence-electron chi connectivity index (χ1n) is 6.13. The van der Waals surface area contributed by atoms with Crippen LogP contribution in [0, 0.1) is 5.41 Å². The van der Waals surface area contributed by atoms with Crippen molar-refractivity contribution in [1.29, 1.82) is 0 Å². The van der Waals surface area contributed by atoms with Crippen LogP contribution in [0.2, 0.25) is 0 Å². The molecule has 100 valence electrons. The molecule has 1 saturated carbocycles. The van der Waals surface area contributed by atoms with Crippen molar-refractivity contribution in [3.05, 3.63) is 12.4 Å². The predicted octanol–water partition coefficient (Wildman–Crippen LogP) is 0.575. The average molecular weight is 262 g/mol. The first kappa shape index (κ1) is 11.8. The van der Waals surface area contributed by atoms with Crippen LogP contribution in [0.3, 0.4) is 0 Å². The van der Waals surface area contributed by atoms with Crippen LogP contribution in [-0.4, -0.2) is 42.1 Å². The number of aliphatic carboxylic acids is 1. The Morgan fingerprint density at radius 2 is 2.42 bits per heavy atom. The van der Waals surface area contributed by atoms with Crippen molar-refractivity contribution in [3.8, 4) is 0 Å². The van der Waals surface area contributed by atoms with E-state index in [4.69, 9.17) is 0 Å². The topological polar surface area (TPSA) is 105 Å². The molecule has 0 spiro atoms. The van der Waals surface area contributed by atoms with Gasteiger partial charge in [0.1, 0.15) is 0 Å². The fraction of sp³-hybridized carbons (Fsp3) is 0.545. The fourth-order valence-corrected chi connectivity index (χ4v) is 2.61. The lowest BCUT2D eigenvalue weighted by atomic mass is 9.85. The first-order chi connectivity index (χ1) is 9.11. The quantitative estimate of drug-likeness (QED) is 0.833. The van der Waals surface area contributed by atoms with Crippen molar-refractivity contribution in [2.75, 3.05) is 5.32 Å². The maximum atomic E-state index is 11.4. The zero-order chi connectivity index (χ0) is 13.5. The lowest BCUT2D eigenvalue weighted by molar-refractivity contribution is -0.147. The van der Waals surface area contributed by atoms with Crippen LogP contribution in [0.4, 0.5) is 5.82 Å². The Balaban J connectivity index is 1.93. The van der Waals surface area contributed by atoms with Crippen LogP contribution in [0.5, 0.6) is 0 Å². The molecule has 1 aliphatic rings. The van der Waals surface area contributed by atoms with Gasteiger partial charge in [-0.2, -0.15) is 4.52 Å². The Morgan fingerprint density at radius 1 is 1.58 bits per heavy atom. The van der Waals surface area contributed by atoms with E-state index in [-0.39, 0.29) is 6.04 Å². The molecule has 19 heavy (non-hydrogen) atoms. The lowest BCUT2D eigenvalue weighted by Crippen LogP contribution is -2.40. The van der Waals surface area contributed by atoms with Gasteiger partial charge in [0.15, 0.2) is 11.5 Å². The molecule has 2 unspecified atom stereocenters.